The fourth-order valence-corrected chi connectivity index (χ4v) is 4.99. The Balaban J connectivity index is 1.43. The molecule has 0 bridgehead atoms. The van der Waals surface area contributed by atoms with E-state index >= 15 is 0 Å². The van der Waals surface area contributed by atoms with Gasteiger partial charge in [0.1, 0.15) is 0 Å². The summed E-state index contributed by atoms with van der Waals surface area (Å²) in [6.07, 6.45) is 9.15. The van der Waals surface area contributed by atoms with E-state index in [4.69, 9.17) is 0 Å². The lowest BCUT2D eigenvalue weighted by atomic mass is 10.0. The SMILES string of the molecule is CCN1CCC(n2cc(C)c3ccc(NC(=O)CCN4CCCCC4)cc32)CC1. The van der Waals surface area contributed by atoms with Gasteiger partial charge < -0.3 is 19.7 Å². The van der Waals surface area contributed by atoms with Gasteiger partial charge in [-0.15, -0.1) is 0 Å². The molecule has 0 atom stereocenters. The molecule has 1 N–H and O–H groups in total. The highest BCUT2D eigenvalue weighted by Gasteiger charge is 2.21. The first-order chi connectivity index (χ1) is 14.1. The van der Waals surface area contributed by atoms with E-state index in [0.29, 0.717) is 12.5 Å². The number of anilines is 1. The van der Waals surface area contributed by atoms with Gasteiger partial charge in [0.05, 0.1) is 5.52 Å². The van der Waals surface area contributed by atoms with Crippen molar-refractivity contribution in [2.24, 2.45) is 0 Å². The number of nitrogens with zero attached hydrogens (tertiary/aromatic N) is 3. The van der Waals surface area contributed by atoms with Crippen molar-refractivity contribution in [3.63, 3.8) is 0 Å². The minimum Gasteiger partial charge on any atom is -0.344 e. The van der Waals surface area contributed by atoms with Gasteiger partial charge in [-0.2, -0.15) is 0 Å². The van der Waals surface area contributed by atoms with E-state index < -0.39 is 0 Å². The van der Waals surface area contributed by atoms with Gasteiger partial charge in [-0.05, 0) is 69.9 Å². The van der Waals surface area contributed by atoms with Crippen LogP contribution in [0.4, 0.5) is 5.69 Å². The number of rotatable bonds is 6. The third kappa shape index (κ3) is 4.84. The van der Waals surface area contributed by atoms with Gasteiger partial charge in [0.25, 0.3) is 0 Å². The van der Waals surface area contributed by atoms with Crippen LogP contribution in [0.5, 0.6) is 0 Å². The number of amides is 1. The molecule has 4 rings (SSSR count). The van der Waals surface area contributed by atoms with Crippen LogP contribution in [-0.2, 0) is 4.79 Å². The second-order valence-corrected chi connectivity index (χ2v) is 8.82. The number of hydrogen-bond donors (Lipinski definition) is 1. The molecule has 0 unspecified atom stereocenters. The van der Waals surface area contributed by atoms with Gasteiger partial charge in [-0.25, -0.2) is 0 Å². The largest absolute Gasteiger partial charge is 0.344 e. The summed E-state index contributed by atoms with van der Waals surface area (Å²) in [5.41, 5.74) is 3.50. The average Bonchev–Trinajstić information content (AvgIpc) is 3.09. The average molecular weight is 397 g/mol. The van der Waals surface area contributed by atoms with E-state index in [1.807, 2.05) is 0 Å². The van der Waals surface area contributed by atoms with Crippen LogP contribution in [0.15, 0.2) is 24.4 Å². The molecule has 0 saturated carbocycles. The van der Waals surface area contributed by atoms with Gasteiger partial charge in [0.2, 0.25) is 5.91 Å². The van der Waals surface area contributed by atoms with Crippen molar-refractivity contribution >= 4 is 22.5 Å². The maximum atomic E-state index is 12.5. The van der Waals surface area contributed by atoms with E-state index in [9.17, 15) is 4.79 Å². The summed E-state index contributed by atoms with van der Waals surface area (Å²) < 4.78 is 2.46. The molecule has 158 valence electrons. The molecular formula is C24H36N4O. The van der Waals surface area contributed by atoms with Crippen LogP contribution >= 0.6 is 0 Å². The second kappa shape index (κ2) is 9.31. The molecule has 1 amide bonds. The molecule has 5 nitrogen and oxygen atoms in total. The van der Waals surface area contributed by atoms with E-state index in [-0.39, 0.29) is 5.91 Å². The summed E-state index contributed by atoms with van der Waals surface area (Å²) in [5, 5.41) is 4.44. The van der Waals surface area contributed by atoms with Crippen LogP contribution in [0.2, 0.25) is 0 Å². The highest BCUT2D eigenvalue weighted by atomic mass is 16.1. The van der Waals surface area contributed by atoms with Crippen molar-refractivity contribution in [1.82, 2.24) is 14.4 Å². The smallest absolute Gasteiger partial charge is 0.225 e. The van der Waals surface area contributed by atoms with E-state index in [1.54, 1.807) is 0 Å². The number of nitrogens with one attached hydrogen (secondary N) is 1. The first kappa shape index (κ1) is 20.4. The summed E-state index contributed by atoms with van der Waals surface area (Å²) in [7, 11) is 0. The molecule has 1 aromatic heterocycles. The van der Waals surface area contributed by atoms with Gasteiger partial charge in [-0.3, -0.25) is 4.79 Å². The molecule has 2 aliphatic heterocycles. The molecule has 0 aliphatic carbocycles. The topological polar surface area (TPSA) is 40.5 Å². The predicted octanol–water partition coefficient (Wildman–Crippen LogP) is 4.42. The van der Waals surface area contributed by atoms with Crippen LogP contribution in [-0.4, -0.2) is 59.5 Å². The summed E-state index contributed by atoms with van der Waals surface area (Å²) in [6, 6.07) is 6.95. The van der Waals surface area contributed by atoms with Gasteiger partial charge in [0.15, 0.2) is 0 Å². The highest BCUT2D eigenvalue weighted by molar-refractivity contribution is 5.94. The van der Waals surface area contributed by atoms with Crippen molar-refractivity contribution in [3.8, 4) is 0 Å². The van der Waals surface area contributed by atoms with Gasteiger partial charge in [-0.1, -0.05) is 19.4 Å². The van der Waals surface area contributed by atoms with Crippen LogP contribution < -0.4 is 5.32 Å². The van der Waals surface area contributed by atoms with Gasteiger partial charge >= 0.3 is 0 Å². The highest BCUT2D eigenvalue weighted by Crippen LogP contribution is 2.31. The van der Waals surface area contributed by atoms with Crippen molar-refractivity contribution in [3.05, 3.63) is 30.0 Å². The Kier molecular flexibility index (Phi) is 6.56. The van der Waals surface area contributed by atoms with Crippen LogP contribution in [0.25, 0.3) is 10.9 Å². The number of benzene rings is 1. The molecule has 2 aliphatic rings. The number of carbonyl (C=O) groups excluding carboxylic acids is 1. The molecule has 2 fully saturated rings. The Morgan fingerprint density at radius 3 is 2.55 bits per heavy atom. The van der Waals surface area contributed by atoms with Crippen molar-refractivity contribution < 1.29 is 4.79 Å². The number of carbonyl (C=O) groups is 1. The van der Waals surface area contributed by atoms with Crippen LogP contribution in [0, 0.1) is 6.92 Å². The standard InChI is InChI=1S/C24H36N4O/c1-3-26-14-9-21(10-15-26)28-18-19(2)22-8-7-20(17-23(22)28)25-24(29)11-16-27-12-5-4-6-13-27/h7-8,17-18,21H,3-6,9-16H2,1-2H3,(H,25,29). The number of hydrogen-bond acceptors (Lipinski definition) is 3. The predicted molar refractivity (Wildman–Crippen MR) is 121 cm³/mol. The fourth-order valence-electron chi connectivity index (χ4n) is 4.99. The second-order valence-electron chi connectivity index (χ2n) is 8.82. The Morgan fingerprint density at radius 2 is 1.83 bits per heavy atom. The fraction of sp³-hybridized carbons (Fsp3) is 0.625. The minimum atomic E-state index is 0.126. The summed E-state index contributed by atoms with van der Waals surface area (Å²) in [4.78, 5) is 17.5. The van der Waals surface area contributed by atoms with Crippen molar-refractivity contribution in [2.45, 2.75) is 58.4 Å². The Labute approximate surface area is 175 Å². The lowest BCUT2D eigenvalue weighted by Gasteiger charge is -2.32. The normalized spacial score (nSPS) is 19.7. The van der Waals surface area contributed by atoms with E-state index in [1.165, 1.54) is 61.7 Å². The quantitative estimate of drug-likeness (QED) is 0.786. The third-order valence-electron chi connectivity index (χ3n) is 6.82. The number of fused-ring (bicyclic) bond motifs is 1. The molecular weight excluding hydrogens is 360 g/mol. The van der Waals surface area contributed by atoms with Crippen LogP contribution in [0.3, 0.4) is 0 Å². The van der Waals surface area contributed by atoms with Crippen molar-refractivity contribution in [1.29, 1.82) is 0 Å². The summed E-state index contributed by atoms with van der Waals surface area (Å²) in [5.74, 6) is 0.126. The maximum absolute atomic E-state index is 12.5. The first-order valence-corrected chi connectivity index (χ1v) is 11.5. The molecule has 0 spiro atoms. The van der Waals surface area contributed by atoms with Gasteiger partial charge in [0, 0.05) is 49.4 Å². The lowest BCUT2D eigenvalue weighted by molar-refractivity contribution is -0.116. The summed E-state index contributed by atoms with van der Waals surface area (Å²) in [6.45, 7) is 11.1. The molecule has 3 heterocycles. The zero-order chi connectivity index (χ0) is 20.2. The lowest BCUT2D eigenvalue weighted by Crippen LogP contribution is -2.34. The maximum Gasteiger partial charge on any atom is 0.225 e. The zero-order valence-corrected chi connectivity index (χ0v) is 18.1. The third-order valence-corrected chi connectivity index (χ3v) is 6.82. The van der Waals surface area contributed by atoms with Crippen molar-refractivity contribution in [2.75, 3.05) is 44.6 Å². The van der Waals surface area contributed by atoms with E-state index in [0.717, 1.165) is 31.9 Å². The monoisotopic (exact) mass is 396 g/mol. The number of aromatic nitrogens is 1. The summed E-state index contributed by atoms with van der Waals surface area (Å²) >= 11 is 0. The Hall–Kier alpha value is -1.85. The molecule has 29 heavy (non-hydrogen) atoms. The molecule has 5 heteroatoms. The number of piperidine rings is 2. The zero-order valence-electron chi connectivity index (χ0n) is 18.1. The number of aryl methyl sites for hydroxylation is 1. The molecule has 0 radical (unpaired) electrons. The molecule has 2 aromatic rings. The minimum absolute atomic E-state index is 0.126. The Morgan fingerprint density at radius 1 is 1.07 bits per heavy atom. The Bertz CT molecular complexity index is 829. The van der Waals surface area contributed by atoms with Crippen LogP contribution in [0.1, 0.15) is 57.1 Å². The van der Waals surface area contributed by atoms with E-state index in [2.05, 4.69) is 57.9 Å². The molecule has 2 saturated heterocycles. The molecule has 1 aromatic carbocycles. The first-order valence-electron chi connectivity index (χ1n) is 11.5. The number of likely N-dealkylation sites (tertiary alicyclic amines) is 2.